The molecule has 0 saturated heterocycles. The zero-order valence-electron chi connectivity index (χ0n) is 11.5. The highest BCUT2D eigenvalue weighted by atomic mass is 19.1. The van der Waals surface area contributed by atoms with E-state index in [1.54, 1.807) is 6.07 Å². The summed E-state index contributed by atoms with van der Waals surface area (Å²) in [6.07, 6.45) is 1.21. The van der Waals surface area contributed by atoms with Crippen molar-refractivity contribution in [3.05, 3.63) is 42.0 Å². The fraction of sp³-hybridized carbons (Fsp3) is 0.143. The fourth-order valence-electron chi connectivity index (χ4n) is 1.63. The second-order valence-corrected chi connectivity index (χ2v) is 4.20. The Morgan fingerprint density at radius 2 is 2.18 bits per heavy atom. The minimum absolute atomic E-state index is 0.209. The lowest BCUT2D eigenvalue weighted by Crippen LogP contribution is -2.31. The summed E-state index contributed by atoms with van der Waals surface area (Å²) in [6.45, 7) is -0.374. The minimum Gasteiger partial charge on any atom is -0.492 e. The summed E-state index contributed by atoms with van der Waals surface area (Å²) in [6, 6.07) is 5.55. The summed E-state index contributed by atoms with van der Waals surface area (Å²) >= 11 is 0. The monoisotopic (exact) mass is 305 g/mol. The SMILES string of the molecule is COC(=O)CNC(=O)c1nc(-c2cccc(F)c2)cnc1O. The van der Waals surface area contributed by atoms with Crippen molar-refractivity contribution in [2.24, 2.45) is 0 Å². The number of nitrogens with one attached hydrogen (secondary N) is 1. The van der Waals surface area contributed by atoms with E-state index in [1.807, 2.05) is 0 Å². The molecule has 22 heavy (non-hydrogen) atoms. The van der Waals surface area contributed by atoms with E-state index < -0.39 is 23.6 Å². The van der Waals surface area contributed by atoms with Crippen LogP contribution in [0.15, 0.2) is 30.5 Å². The van der Waals surface area contributed by atoms with Crippen LogP contribution in [0.4, 0.5) is 4.39 Å². The molecule has 2 N–H and O–H groups in total. The van der Waals surface area contributed by atoms with Crippen molar-refractivity contribution in [1.82, 2.24) is 15.3 Å². The lowest BCUT2D eigenvalue weighted by molar-refractivity contribution is -0.139. The summed E-state index contributed by atoms with van der Waals surface area (Å²) in [5.41, 5.74) is 0.237. The molecule has 0 saturated carbocycles. The highest BCUT2D eigenvalue weighted by molar-refractivity contribution is 5.96. The summed E-state index contributed by atoms with van der Waals surface area (Å²) < 4.78 is 17.6. The van der Waals surface area contributed by atoms with Crippen LogP contribution in [0.5, 0.6) is 5.88 Å². The van der Waals surface area contributed by atoms with Gasteiger partial charge in [0.25, 0.3) is 5.91 Å². The molecule has 0 aliphatic heterocycles. The number of methoxy groups -OCH3 is 1. The van der Waals surface area contributed by atoms with Crippen molar-refractivity contribution in [3.8, 4) is 17.1 Å². The zero-order valence-corrected chi connectivity index (χ0v) is 11.5. The lowest BCUT2D eigenvalue weighted by atomic mass is 10.1. The maximum absolute atomic E-state index is 13.2. The molecule has 1 aromatic carbocycles. The molecule has 2 aromatic rings. The van der Waals surface area contributed by atoms with Gasteiger partial charge in [-0.05, 0) is 12.1 Å². The number of amides is 1. The Morgan fingerprint density at radius 3 is 2.86 bits per heavy atom. The van der Waals surface area contributed by atoms with Crippen LogP contribution in [0.3, 0.4) is 0 Å². The molecule has 2 rings (SSSR count). The van der Waals surface area contributed by atoms with Gasteiger partial charge in [0.15, 0.2) is 5.69 Å². The first kappa shape index (κ1) is 15.4. The molecule has 1 amide bonds. The van der Waals surface area contributed by atoms with Crippen molar-refractivity contribution in [1.29, 1.82) is 0 Å². The number of aromatic nitrogens is 2. The van der Waals surface area contributed by atoms with Gasteiger partial charge in [-0.3, -0.25) is 9.59 Å². The minimum atomic E-state index is -0.798. The third-order valence-corrected chi connectivity index (χ3v) is 2.71. The molecule has 0 aliphatic carbocycles. The van der Waals surface area contributed by atoms with Gasteiger partial charge >= 0.3 is 5.97 Å². The molecule has 1 aromatic heterocycles. The maximum atomic E-state index is 13.2. The number of carbonyl (C=O) groups is 2. The smallest absolute Gasteiger partial charge is 0.325 e. The third-order valence-electron chi connectivity index (χ3n) is 2.71. The van der Waals surface area contributed by atoms with Crippen molar-refractivity contribution in [2.45, 2.75) is 0 Å². The molecule has 8 heteroatoms. The van der Waals surface area contributed by atoms with Gasteiger partial charge < -0.3 is 15.2 Å². The largest absolute Gasteiger partial charge is 0.492 e. The Kier molecular flexibility index (Phi) is 4.62. The van der Waals surface area contributed by atoms with Crippen LogP contribution in [-0.2, 0) is 9.53 Å². The van der Waals surface area contributed by atoms with E-state index in [2.05, 4.69) is 20.0 Å². The van der Waals surface area contributed by atoms with Crippen LogP contribution in [0, 0.1) is 5.82 Å². The molecule has 0 unspecified atom stereocenters. The number of nitrogens with zero attached hydrogens (tertiary/aromatic N) is 2. The first-order valence-corrected chi connectivity index (χ1v) is 6.18. The molecule has 0 bridgehead atoms. The molecule has 0 radical (unpaired) electrons. The Labute approximate surface area is 124 Å². The molecule has 0 fully saturated rings. The van der Waals surface area contributed by atoms with Gasteiger partial charge in [-0.15, -0.1) is 0 Å². The number of benzene rings is 1. The van der Waals surface area contributed by atoms with Gasteiger partial charge in [0.1, 0.15) is 12.4 Å². The lowest BCUT2D eigenvalue weighted by Gasteiger charge is -2.07. The van der Waals surface area contributed by atoms with Gasteiger partial charge in [0, 0.05) is 5.56 Å². The van der Waals surface area contributed by atoms with E-state index >= 15 is 0 Å². The van der Waals surface area contributed by atoms with Gasteiger partial charge in [0.2, 0.25) is 5.88 Å². The number of hydrogen-bond donors (Lipinski definition) is 2. The van der Waals surface area contributed by atoms with E-state index in [-0.39, 0.29) is 17.9 Å². The summed E-state index contributed by atoms with van der Waals surface area (Å²) in [5, 5.41) is 11.8. The molecule has 0 atom stereocenters. The number of hydrogen-bond acceptors (Lipinski definition) is 6. The van der Waals surface area contributed by atoms with Crippen molar-refractivity contribution >= 4 is 11.9 Å². The topological polar surface area (TPSA) is 101 Å². The average molecular weight is 305 g/mol. The predicted molar refractivity (Wildman–Crippen MR) is 73.4 cm³/mol. The standard InChI is InChI=1S/C14H12FN3O4/c1-22-11(19)7-17-14(21)12-13(20)16-6-10(18-12)8-3-2-4-9(15)5-8/h2-6H,7H2,1H3,(H,16,20)(H,17,21). The van der Waals surface area contributed by atoms with Crippen LogP contribution < -0.4 is 5.32 Å². The van der Waals surface area contributed by atoms with Gasteiger partial charge in [-0.25, -0.2) is 14.4 Å². The van der Waals surface area contributed by atoms with Crippen LogP contribution in [0.25, 0.3) is 11.3 Å². The zero-order chi connectivity index (χ0) is 16.1. The predicted octanol–water partition coefficient (Wildman–Crippen LogP) is 0.891. The van der Waals surface area contributed by atoms with Gasteiger partial charge in [-0.1, -0.05) is 12.1 Å². The molecule has 0 spiro atoms. The number of aromatic hydroxyl groups is 1. The van der Waals surface area contributed by atoms with Crippen LogP contribution in [0.1, 0.15) is 10.5 Å². The van der Waals surface area contributed by atoms with Crippen molar-refractivity contribution in [2.75, 3.05) is 13.7 Å². The first-order chi connectivity index (χ1) is 10.5. The third kappa shape index (κ3) is 3.54. The van der Waals surface area contributed by atoms with E-state index in [9.17, 15) is 19.1 Å². The first-order valence-electron chi connectivity index (χ1n) is 6.18. The van der Waals surface area contributed by atoms with Crippen molar-refractivity contribution in [3.63, 3.8) is 0 Å². The van der Waals surface area contributed by atoms with E-state index in [0.29, 0.717) is 5.56 Å². The molecular weight excluding hydrogens is 293 g/mol. The van der Waals surface area contributed by atoms with Gasteiger partial charge in [-0.2, -0.15) is 0 Å². The summed E-state index contributed by atoms with van der Waals surface area (Å²) in [7, 11) is 1.18. The Bertz CT molecular complexity index is 721. The quantitative estimate of drug-likeness (QED) is 0.814. The molecular formula is C14H12FN3O4. The highest BCUT2D eigenvalue weighted by Gasteiger charge is 2.17. The normalized spacial score (nSPS) is 10.1. The Morgan fingerprint density at radius 1 is 1.41 bits per heavy atom. The van der Waals surface area contributed by atoms with Crippen molar-refractivity contribution < 1.29 is 23.8 Å². The molecule has 1 heterocycles. The van der Waals surface area contributed by atoms with Crippen LogP contribution in [0.2, 0.25) is 0 Å². The molecule has 0 aliphatic rings. The number of carbonyl (C=O) groups excluding carboxylic acids is 2. The fourth-order valence-corrected chi connectivity index (χ4v) is 1.63. The average Bonchev–Trinajstić information content (AvgIpc) is 2.52. The number of ether oxygens (including phenoxy) is 1. The van der Waals surface area contributed by atoms with Crippen LogP contribution in [-0.4, -0.2) is 40.6 Å². The van der Waals surface area contributed by atoms with E-state index in [1.165, 1.54) is 31.5 Å². The number of esters is 1. The maximum Gasteiger partial charge on any atom is 0.325 e. The molecule has 114 valence electrons. The number of halogens is 1. The second-order valence-electron chi connectivity index (χ2n) is 4.20. The Balaban J connectivity index is 2.27. The summed E-state index contributed by atoms with van der Waals surface area (Å²) in [4.78, 5) is 30.5. The summed E-state index contributed by atoms with van der Waals surface area (Å²) in [5.74, 6) is -2.51. The Hall–Kier alpha value is -3.03. The second kappa shape index (κ2) is 6.61. The molecule has 7 nitrogen and oxygen atoms in total. The number of rotatable bonds is 4. The van der Waals surface area contributed by atoms with E-state index in [4.69, 9.17) is 0 Å². The van der Waals surface area contributed by atoms with Crippen LogP contribution >= 0.6 is 0 Å². The highest BCUT2D eigenvalue weighted by Crippen LogP contribution is 2.20. The van der Waals surface area contributed by atoms with Gasteiger partial charge in [0.05, 0.1) is 19.0 Å². The van der Waals surface area contributed by atoms with E-state index in [0.717, 1.165) is 0 Å².